The van der Waals surface area contributed by atoms with E-state index >= 15 is 0 Å². The second-order valence-corrected chi connectivity index (χ2v) is 10.9. The second-order valence-electron chi connectivity index (χ2n) is 10.5. The highest BCUT2D eigenvalue weighted by atomic mass is 35.5. The number of hydrogen-bond acceptors (Lipinski definition) is 4. The number of rotatable bonds is 4. The molecule has 1 saturated carbocycles. The second kappa shape index (κ2) is 8.95. The molecule has 5 rings (SSSR count). The Kier molecular flexibility index (Phi) is 6.09. The molecule has 0 radical (unpaired) electrons. The maximum absolute atomic E-state index is 13.9. The fraction of sp³-hybridized carbons (Fsp3) is 0.444. The number of nitrogens with one attached hydrogen (secondary N) is 2. The normalized spacial score (nSPS) is 24.6. The van der Waals surface area contributed by atoms with Gasteiger partial charge in [-0.3, -0.25) is 9.59 Å². The molecule has 1 saturated heterocycles. The molecule has 35 heavy (non-hydrogen) atoms. The number of fused-ring (bicyclic) bond motifs is 1. The Hall–Kier alpha value is -2.90. The maximum Gasteiger partial charge on any atom is 0.254 e. The van der Waals surface area contributed by atoms with Gasteiger partial charge in [-0.15, -0.1) is 0 Å². The molecule has 8 heteroatoms. The Balaban J connectivity index is 1.44. The van der Waals surface area contributed by atoms with Crippen LogP contribution in [0.4, 0.5) is 5.69 Å². The van der Waals surface area contributed by atoms with E-state index in [0.29, 0.717) is 47.8 Å². The van der Waals surface area contributed by atoms with Crippen molar-refractivity contribution in [1.82, 2.24) is 14.9 Å². The lowest BCUT2D eigenvalue weighted by atomic mass is 9.67. The third-order valence-electron chi connectivity index (χ3n) is 7.69. The number of aromatic nitrogens is 2. The number of likely N-dealkylation sites (tertiary alicyclic amines) is 1. The summed E-state index contributed by atoms with van der Waals surface area (Å²) in [7, 11) is 0. The minimum absolute atomic E-state index is 0.0600. The van der Waals surface area contributed by atoms with E-state index in [-0.39, 0.29) is 17.4 Å². The first kappa shape index (κ1) is 23.8. The summed E-state index contributed by atoms with van der Waals surface area (Å²) >= 11 is 6.18. The Labute approximate surface area is 210 Å². The van der Waals surface area contributed by atoms with Crippen LogP contribution in [0.1, 0.15) is 67.2 Å². The highest BCUT2D eigenvalue weighted by molar-refractivity contribution is 6.31. The topological polar surface area (TPSA) is 104 Å². The van der Waals surface area contributed by atoms with Gasteiger partial charge in [0.2, 0.25) is 5.91 Å². The van der Waals surface area contributed by atoms with Gasteiger partial charge in [0.05, 0.1) is 11.0 Å². The zero-order valence-electron chi connectivity index (χ0n) is 20.3. The first-order valence-electron chi connectivity index (χ1n) is 12.3. The minimum atomic E-state index is -0.831. The summed E-state index contributed by atoms with van der Waals surface area (Å²) in [5.41, 5.74) is 9.07. The summed E-state index contributed by atoms with van der Waals surface area (Å²) < 4.78 is 0. The third kappa shape index (κ3) is 4.55. The molecule has 3 aromatic rings. The summed E-state index contributed by atoms with van der Waals surface area (Å²) in [5, 5.41) is 3.73. The van der Waals surface area contributed by atoms with Crippen LogP contribution in [0.5, 0.6) is 0 Å². The predicted octanol–water partition coefficient (Wildman–Crippen LogP) is 4.93. The molecule has 2 amide bonds. The molecule has 1 aliphatic heterocycles. The number of amides is 2. The maximum atomic E-state index is 13.9. The molecule has 2 heterocycles. The first-order chi connectivity index (χ1) is 16.7. The van der Waals surface area contributed by atoms with Crippen molar-refractivity contribution in [2.45, 2.75) is 63.3 Å². The van der Waals surface area contributed by atoms with E-state index in [1.807, 2.05) is 49.1 Å². The zero-order valence-corrected chi connectivity index (χ0v) is 21.0. The molecule has 0 bridgehead atoms. The third-order valence-corrected chi connectivity index (χ3v) is 7.92. The van der Waals surface area contributed by atoms with Gasteiger partial charge in [0, 0.05) is 34.9 Å². The van der Waals surface area contributed by atoms with Crippen molar-refractivity contribution in [1.29, 1.82) is 0 Å². The van der Waals surface area contributed by atoms with Gasteiger partial charge in [0.15, 0.2) is 0 Å². The highest BCUT2D eigenvalue weighted by Gasteiger charge is 2.47. The number of halogens is 1. The van der Waals surface area contributed by atoms with Crippen LogP contribution in [-0.2, 0) is 10.2 Å². The van der Waals surface area contributed by atoms with Gasteiger partial charge < -0.3 is 20.9 Å². The van der Waals surface area contributed by atoms with E-state index in [0.717, 1.165) is 42.5 Å². The van der Waals surface area contributed by atoms with Gasteiger partial charge >= 0.3 is 0 Å². The molecule has 1 aliphatic carbocycles. The summed E-state index contributed by atoms with van der Waals surface area (Å²) in [4.78, 5) is 36.8. The van der Waals surface area contributed by atoms with Crippen LogP contribution in [0.15, 0.2) is 36.4 Å². The van der Waals surface area contributed by atoms with E-state index in [1.165, 1.54) is 0 Å². The minimum Gasteiger partial charge on any atom is -0.341 e. The molecule has 0 spiro atoms. The van der Waals surface area contributed by atoms with Gasteiger partial charge in [-0.25, -0.2) is 4.98 Å². The average molecular weight is 494 g/mol. The van der Waals surface area contributed by atoms with E-state index in [2.05, 4.69) is 10.3 Å². The van der Waals surface area contributed by atoms with Gasteiger partial charge in [0.1, 0.15) is 11.2 Å². The summed E-state index contributed by atoms with van der Waals surface area (Å²) in [5.74, 6) is 0.585. The van der Waals surface area contributed by atoms with Crippen LogP contribution in [0.2, 0.25) is 5.02 Å². The molecule has 0 atom stereocenters. The Morgan fingerprint density at radius 2 is 1.80 bits per heavy atom. The van der Waals surface area contributed by atoms with Crippen molar-refractivity contribution in [2.24, 2.45) is 5.73 Å². The van der Waals surface area contributed by atoms with Crippen molar-refractivity contribution in [3.8, 4) is 0 Å². The summed E-state index contributed by atoms with van der Waals surface area (Å²) in [6.07, 6.45) is 4.70. The van der Waals surface area contributed by atoms with Crippen molar-refractivity contribution < 1.29 is 9.59 Å². The van der Waals surface area contributed by atoms with E-state index in [4.69, 9.17) is 22.3 Å². The monoisotopic (exact) mass is 493 g/mol. The average Bonchev–Trinajstić information content (AvgIpc) is 3.49. The number of carbonyl (C=O) groups excluding carboxylic acids is 2. The largest absolute Gasteiger partial charge is 0.341 e. The summed E-state index contributed by atoms with van der Waals surface area (Å²) in [6.45, 7) is 5.56. The lowest BCUT2D eigenvalue weighted by Gasteiger charge is -2.41. The molecule has 2 fully saturated rings. The highest BCUT2D eigenvalue weighted by Crippen LogP contribution is 2.43. The quantitative estimate of drug-likeness (QED) is 0.479. The molecular weight excluding hydrogens is 462 g/mol. The number of nitrogens with zero attached hydrogens (tertiary/aromatic N) is 2. The molecule has 4 N–H and O–H groups in total. The van der Waals surface area contributed by atoms with Crippen molar-refractivity contribution in [2.75, 3.05) is 18.4 Å². The van der Waals surface area contributed by atoms with Crippen LogP contribution in [-0.4, -0.2) is 45.3 Å². The molecule has 2 aromatic carbocycles. The van der Waals surface area contributed by atoms with Crippen LogP contribution >= 0.6 is 11.6 Å². The molecule has 2 aliphatic rings. The van der Waals surface area contributed by atoms with Crippen molar-refractivity contribution in [3.05, 3.63) is 58.4 Å². The Morgan fingerprint density at radius 1 is 1.09 bits per heavy atom. The molecular formula is C27H32ClN5O2. The van der Waals surface area contributed by atoms with E-state index < -0.39 is 5.41 Å². The zero-order chi connectivity index (χ0) is 24.8. The Bertz CT molecular complexity index is 1280. The SMILES string of the molecule is Cc1cc(NC(=O)C2(c3nc4ccc(Cl)cc4[nH]3)CCC(C)(N)CC2)ccc1C(=O)N1CCCC1. The number of aromatic amines is 1. The molecule has 0 unspecified atom stereocenters. The number of H-pyrrole nitrogens is 1. The predicted molar refractivity (Wildman–Crippen MR) is 139 cm³/mol. The fourth-order valence-electron chi connectivity index (χ4n) is 5.35. The number of anilines is 1. The van der Waals surface area contributed by atoms with E-state index in [1.54, 1.807) is 6.07 Å². The first-order valence-corrected chi connectivity index (χ1v) is 12.7. The van der Waals surface area contributed by atoms with Gasteiger partial charge in [-0.2, -0.15) is 0 Å². The summed E-state index contributed by atoms with van der Waals surface area (Å²) in [6, 6.07) is 11.0. The van der Waals surface area contributed by atoms with Gasteiger partial charge in [-0.05, 0) is 94.3 Å². The lowest BCUT2D eigenvalue weighted by Crippen LogP contribution is -2.50. The standard InChI is InChI=1S/C27H32ClN5O2/c1-17-15-19(6-7-20(17)23(34)33-13-3-4-14-33)30-25(35)27(11-9-26(2,29)10-12-27)24-31-21-8-5-18(28)16-22(21)32-24/h5-8,15-16H,3-4,9-14,29H2,1-2H3,(H,30,35)(H,31,32). The smallest absolute Gasteiger partial charge is 0.254 e. The number of aryl methyl sites for hydroxylation is 1. The van der Waals surface area contributed by atoms with Crippen molar-refractivity contribution in [3.63, 3.8) is 0 Å². The van der Waals surface area contributed by atoms with Crippen LogP contribution in [0.25, 0.3) is 11.0 Å². The van der Waals surface area contributed by atoms with Crippen LogP contribution in [0.3, 0.4) is 0 Å². The fourth-order valence-corrected chi connectivity index (χ4v) is 5.52. The number of imidazole rings is 1. The lowest BCUT2D eigenvalue weighted by molar-refractivity contribution is -0.123. The van der Waals surface area contributed by atoms with Crippen LogP contribution in [0, 0.1) is 6.92 Å². The number of benzene rings is 2. The number of carbonyl (C=O) groups is 2. The van der Waals surface area contributed by atoms with E-state index in [9.17, 15) is 9.59 Å². The Morgan fingerprint density at radius 3 is 2.49 bits per heavy atom. The molecule has 7 nitrogen and oxygen atoms in total. The van der Waals surface area contributed by atoms with Gasteiger partial charge in [-0.1, -0.05) is 11.6 Å². The van der Waals surface area contributed by atoms with Crippen molar-refractivity contribution >= 4 is 40.1 Å². The number of nitrogens with two attached hydrogens (primary N) is 1. The molecule has 1 aromatic heterocycles. The van der Waals surface area contributed by atoms with Gasteiger partial charge in [0.25, 0.3) is 5.91 Å². The van der Waals surface area contributed by atoms with Crippen LogP contribution < -0.4 is 11.1 Å². The molecule has 184 valence electrons. The number of hydrogen-bond donors (Lipinski definition) is 3.